The number of rotatable bonds is 5. The summed E-state index contributed by atoms with van der Waals surface area (Å²) in [5.74, 6) is -0.884. The van der Waals surface area contributed by atoms with Crippen molar-refractivity contribution in [2.45, 2.75) is 6.42 Å². The Morgan fingerprint density at radius 2 is 2.04 bits per heavy atom. The summed E-state index contributed by atoms with van der Waals surface area (Å²) in [6.45, 7) is 0. The minimum Gasteiger partial charge on any atom is -0.490 e. The highest BCUT2D eigenvalue weighted by molar-refractivity contribution is 5.85. The molecule has 3 aromatic rings. The number of carboxylic acids is 1. The molecule has 1 heterocycles. The molecule has 0 aliphatic carbocycles. The molecular formula is C18H13NO7. The quantitative estimate of drug-likeness (QED) is 0.552. The number of hydrogen-bond donors (Lipinski definition) is 1. The minimum atomic E-state index is -1.06. The monoisotopic (exact) mass is 355 g/mol. The molecule has 26 heavy (non-hydrogen) atoms. The van der Waals surface area contributed by atoms with Crippen LogP contribution >= 0.6 is 0 Å². The summed E-state index contributed by atoms with van der Waals surface area (Å²) >= 11 is 0. The number of nitro benzene ring substituents is 1. The van der Waals surface area contributed by atoms with Gasteiger partial charge in [-0.2, -0.15) is 0 Å². The summed E-state index contributed by atoms with van der Waals surface area (Å²) in [4.78, 5) is 34.0. The molecule has 0 amide bonds. The van der Waals surface area contributed by atoms with E-state index in [0.717, 1.165) is 0 Å². The average molecular weight is 355 g/mol. The molecule has 0 aliphatic rings. The number of nitro groups is 1. The van der Waals surface area contributed by atoms with Crippen LogP contribution in [0.5, 0.6) is 5.75 Å². The lowest BCUT2D eigenvalue weighted by Gasteiger charge is -2.08. The van der Waals surface area contributed by atoms with Crippen molar-refractivity contribution in [1.82, 2.24) is 0 Å². The first-order valence-electron chi connectivity index (χ1n) is 7.51. The average Bonchev–Trinajstić information content (AvgIpc) is 2.61. The predicted octanol–water partition coefficient (Wildman–Crippen LogP) is 3.00. The molecule has 132 valence electrons. The second-order valence-corrected chi connectivity index (χ2v) is 5.48. The van der Waals surface area contributed by atoms with Crippen LogP contribution in [0.15, 0.2) is 51.7 Å². The normalized spacial score (nSPS) is 10.7. The fourth-order valence-corrected chi connectivity index (χ4v) is 2.67. The van der Waals surface area contributed by atoms with Gasteiger partial charge in [0.05, 0.1) is 23.8 Å². The highest BCUT2D eigenvalue weighted by atomic mass is 16.6. The lowest BCUT2D eigenvalue weighted by molar-refractivity contribution is -0.385. The Bertz CT molecular complexity index is 1080. The third-order valence-corrected chi connectivity index (χ3v) is 3.84. The van der Waals surface area contributed by atoms with Gasteiger partial charge in [-0.3, -0.25) is 19.7 Å². The molecule has 2 aromatic carbocycles. The first-order valence-corrected chi connectivity index (χ1v) is 7.51. The largest absolute Gasteiger partial charge is 0.490 e. The molecule has 8 nitrogen and oxygen atoms in total. The van der Waals surface area contributed by atoms with Crippen LogP contribution in [0.2, 0.25) is 0 Å². The summed E-state index contributed by atoms with van der Waals surface area (Å²) in [5.41, 5.74) is 0.160. The summed E-state index contributed by atoms with van der Waals surface area (Å²) in [6.07, 6.45) is -0.313. The third-order valence-electron chi connectivity index (χ3n) is 3.84. The number of fused-ring (bicyclic) bond motifs is 1. The summed E-state index contributed by atoms with van der Waals surface area (Å²) in [7, 11) is 1.32. The van der Waals surface area contributed by atoms with Gasteiger partial charge in [-0.1, -0.05) is 12.1 Å². The van der Waals surface area contributed by atoms with Gasteiger partial charge < -0.3 is 14.3 Å². The number of nitrogens with zero attached hydrogens (tertiary/aromatic N) is 1. The molecule has 0 atom stereocenters. The lowest BCUT2D eigenvalue weighted by atomic mass is 10.1. The van der Waals surface area contributed by atoms with Crippen LogP contribution in [-0.2, 0) is 11.2 Å². The molecule has 0 fully saturated rings. The molecule has 3 rings (SSSR count). The van der Waals surface area contributed by atoms with Crippen molar-refractivity contribution in [3.63, 3.8) is 0 Å². The van der Waals surface area contributed by atoms with E-state index in [-0.39, 0.29) is 40.0 Å². The summed E-state index contributed by atoms with van der Waals surface area (Å²) in [6, 6.07) is 10.1. The van der Waals surface area contributed by atoms with Gasteiger partial charge in [-0.25, -0.2) is 0 Å². The highest BCUT2D eigenvalue weighted by Crippen LogP contribution is 2.33. The van der Waals surface area contributed by atoms with Gasteiger partial charge in [-0.15, -0.1) is 0 Å². The Labute approximate surface area is 146 Å². The number of ether oxygens (including phenoxy) is 1. The van der Waals surface area contributed by atoms with Crippen LogP contribution in [0.1, 0.15) is 5.56 Å². The molecule has 0 radical (unpaired) electrons. The van der Waals surface area contributed by atoms with Crippen molar-refractivity contribution in [1.29, 1.82) is 0 Å². The van der Waals surface area contributed by atoms with Gasteiger partial charge in [-0.05, 0) is 18.2 Å². The number of aliphatic carboxylic acids is 1. The van der Waals surface area contributed by atoms with Crippen LogP contribution in [0.25, 0.3) is 22.3 Å². The predicted molar refractivity (Wildman–Crippen MR) is 92.5 cm³/mol. The summed E-state index contributed by atoms with van der Waals surface area (Å²) < 4.78 is 10.7. The molecule has 0 aliphatic heterocycles. The summed E-state index contributed by atoms with van der Waals surface area (Å²) in [5, 5.41) is 20.5. The zero-order chi connectivity index (χ0) is 18.8. The molecule has 0 spiro atoms. The maximum atomic E-state index is 12.4. The number of benzene rings is 2. The Balaban J connectivity index is 2.23. The van der Waals surface area contributed by atoms with E-state index in [2.05, 4.69) is 0 Å². The van der Waals surface area contributed by atoms with Gasteiger partial charge in [0.15, 0.2) is 11.2 Å². The van der Waals surface area contributed by atoms with Crippen molar-refractivity contribution >= 4 is 22.6 Å². The van der Waals surface area contributed by atoms with E-state index < -0.39 is 10.9 Å². The fourth-order valence-electron chi connectivity index (χ4n) is 2.67. The molecule has 0 bridgehead atoms. The van der Waals surface area contributed by atoms with Crippen molar-refractivity contribution in [3.05, 3.63) is 68.4 Å². The SMILES string of the molecule is COc1ccc(-c2cc(=O)c3cccc(CC(=O)O)c3o2)cc1[N+](=O)[O-]. The van der Waals surface area contributed by atoms with Crippen molar-refractivity contribution in [3.8, 4) is 17.1 Å². The van der Waals surface area contributed by atoms with Crippen molar-refractivity contribution in [2.24, 2.45) is 0 Å². The van der Waals surface area contributed by atoms with E-state index in [1.165, 1.54) is 37.4 Å². The number of methoxy groups -OCH3 is 1. The number of carboxylic acid groups (broad SMARTS) is 1. The zero-order valence-corrected chi connectivity index (χ0v) is 13.6. The lowest BCUT2D eigenvalue weighted by Crippen LogP contribution is -2.05. The minimum absolute atomic E-state index is 0.0773. The van der Waals surface area contributed by atoms with Crippen molar-refractivity contribution < 1.29 is 24.0 Å². The molecule has 1 aromatic heterocycles. The third kappa shape index (κ3) is 3.12. The maximum Gasteiger partial charge on any atom is 0.311 e. The van der Waals surface area contributed by atoms with Crippen LogP contribution in [0.4, 0.5) is 5.69 Å². The van der Waals surface area contributed by atoms with Gasteiger partial charge in [0.1, 0.15) is 11.3 Å². The van der Waals surface area contributed by atoms with E-state index in [4.69, 9.17) is 14.3 Å². The number of para-hydroxylation sites is 1. The van der Waals surface area contributed by atoms with Gasteiger partial charge in [0.25, 0.3) is 0 Å². The molecule has 0 unspecified atom stereocenters. The fraction of sp³-hybridized carbons (Fsp3) is 0.111. The van der Waals surface area contributed by atoms with Gasteiger partial charge in [0, 0.05) is 23.3 Å². The van der Waals surface area contributed by atoms with E-state index in [9.17, 15) is 19.7 Å². The Morgan fingerprint density at radius 1 is 1.27 bits per heavy atom. The number of carbonyl (C=O) groups is 1. The highest BCUT2D eigenvalue weighted by Gasteiger charge is 2.18. The van der Waals surface area contributed by atoms with E-state index >= 15 is 0 Å². The molecule has 8 heteroatoms. The van der Waals surface area contributed by atoms with Gasteiger partial charge in [0.2, 0.25) is 0 Å². The van der Waals surface area contributed by atoms with E-state index in [1.54, 1.807) is 12.1 Å². The van der Waals surface area contributed by atoms with Gasteiger partial charge >= 0.3 is 11.7 Å². The molecule has 0 saturated carbocycles. The Kier molecular flexibility index (Phi) is 4.40. The zero-order valence-electron chi connectivity index (χ0n) is 13.6. The Hall–Kier alpha value is -3.68. The van der Waals surface area contributed by atoms with Crippen molar-refractivity contribution in [2.75, 3.05) is 7.11 Å². The van der Waals surface area contributed by atoms with Crippen LogP contribution in [0, 0.1) is 10.1 Å². The second-order valence-electron chi connectivity index (χ2n) is 5.48. The van der Waals surface area contributed by atoms with Crippen LogP contribution < -0.4 is 10.2 Å². The van der Waals surface area contributed by atoms with Crippen LogP contribution in [0.3, 0.4) is 0 Å². The second kappa shape index (κ2) is 6.67. The molecular weight excluding hydrogens is 342 g/mol. The van der Waals surface area contributed by atoms with E-state index in [0.29, 0.717) is 11.1 Å². The first-order chi connectivity index (χ1) is 12.4. The maximum absolute atomic E-state index is 12.4. The standard InChI is InChI=1S/C18H13NO7/c1-25-15-6-5-10(7-13(15)19(23)24)16-9-14(20)12-4-2-3-11(8-17(21)22)18(12)26-16/h2-7,9H,8H2,1H3,(H,21,22). The Morgan fingerprint density at radius 3 is 2.69 bits per heavy atom. The molecule has 0 saturated heterocycles. The first kappa shape index (κ1) is 17.2. The van der Waals surface area contributed by atoms with Crippen LogP contribution in [-0.4, -0.2) is 23.1 Å². The van der Waals surface area contributed by atoms with E-state index in [1.807, 2.05) is 0 Å². The molecule has 1 N–H and O–H groups in total. The smallest absolute Gasteiger partial charge is 0.311 e. The number of hydrogen-bond acceptors (Lipinski definition) is 6. The topological polar surface area (TPSA) is 120 Å².